The van der Waals surface area contributed by atoms with E-state index >= 15 is 0 Å². The van der Waals surface area contributed by atoms with Gasteiger partial charge in [0.2, 0.25) is 0 Å². The van der Waals surface area contributed by atoms with Crippen LogP contribution in [0.1, 0.15) is 18.9 Å². The minimum Gasteiger partial charge on any atom is -0.326 e. The Bertz CT molecular complexity index is 430. The fraction of sp³-hybridized carbons (Fsp3) is 0.571. The smallest absolute Gasteiger partial charge is 0.126 e. The van der Waals surface area contributed by atoms with E-state index in [1.165, 1.54) is 11.8 Å². The summed E-state index contributed by atoms with van der Waals surface area (Å²) in [6.07, 6.45) is 1.68. The molecule has 2 rings (SSSR count). The molecule has 1 aromatic carbocycles. The summed E-state index contributed by atoms with van der Waals surface area (Å²) < 4.78 is 13.7. The van der Waals surface area contributed by atoms with Crippen LogP contribution >= 0.6 is 35.1 Å². The van der Waals surface area contributed by atoms with Crippen molar-refractivity contribution < 1.29 is 4.39 Å². The molecule has 1 heterocycles. The van der Waals surface area contributed by atoms with Crippen LogP contribution in [0.15, 0.2) is 18.2 Å². The zero-order chi connectivity index (χ0) is 13.8. The summed E-state index contributed by atoms with van der Waals surface area (Å²) in [7, 11) is 0. The number of rotatable bonds is 4. The molecule has 1 nitrogen and oxygen atoms in total. The zero-order valence-corrected chi connectivity index (χ0v) is 13.3. The van der Waals surface area contributed by atoms with Crippen molar-refractivity contribution in [2.24, 2.45) is 5.73 Å². The topological polar surface area (TPSA) is 26.0 Å². The second kappa shape index (κ2) is 7.21. The molecule has 0 saturated carbocycles. The first-order valence-corrected chi connectivity index (χ1v) is 9.02. The van der Waals surface area contributed by atoms with Gasteiger partial charge in [0.25, 0.3) is 0 Å². The molecule has 5 heteroatoms. The van der Waals surface area contributed by atoms with E-state index in [0.29, 0.717) is 27.5 Å². The van der Waals surface area contributed by atoms with Crippen LogP contribution in [0.2, 0.25) is 5.02 Å². The zero-order valence-electron chi connectivity index (χ0n) is 10.9. The summed E-state index contributed by atoms with van der Waals surface area (Å²) in [6, 6.07) is 4.67. The molecule has 1 fully saturated rings. The summed E-state index contributed by atoms with van der Waals surface area (Å²) in [6.45, 7) is 2.20. The highest BCUT2D eigenvalue weighted by atomic mass is 35.5. The number of halogens is 2. The summed E-state index contributed by atoms with van der Waals surface area (Å²) >= 11 is 9.85. The molecule has 19 heavy (non-hydrogen) atoms. The van der Waals surface area contributed by atoms with Crippen LogP contribution in [0.5, 0.6) is 0 Å². The van der Waals surface area contributed by atoms with Crippen LogP contribution in [0, 0.1) is 5.82 Å². The van der Waals surface area contributed by atoms with Crippen molar-refractivity contribution in [3.63, 3.8) is 0 Å². The molecule has 106 valence electrons. The van der Waals surface area contributed by atoms with Crippen molar-refractivity contribution >= 4 is 35.1 Å². The molecule has 0 spiro atoms. The predicted octanol–water partition coefficient (Wildman–Crippen LogP) is 3.98. The maximum atomic E-state index is 13.7. The minimum atomic E-state index is -0.207. The van der Waals surface area contributed by atoms with Crippen molar-refractivity contribution in [2.75, 3.05) is 11.5 Å². The molecule has 1 saturated heterocycles. The first-order chi connectivity index (χ1) is 9.11. The van der Waals surface area contributed by atoms with Crippen molar-refractivity contribution in [2.45, 2.75) is 36.3 Å². The van der Waals surface area contributed by atoms with E-state index in [4.69, 9.17) is 17.3 Å². The van der Waals surface area contributed by atoms with Gasteiger partial charge >= 0.3 is 0 Å². The van der Waals surface area contributed by atoms with Gasteiger partial charge in [-0.15, -0.1) is 0 Å². The van der Waals surface area contributed by atoms with Gasteiger partial charge < -0.3 is 5.73 Å². The summed E-state index contributed by atoms with van der Waals surface area (Å²) in [5.74, 6) is 2.12. The van der Waals surface area contributed by atoms with Crippen molar-refractivity contribution in [3.05, 3.63) is 34.6 Å². The molecule has 0 radical (unpaired) electrons. The van der Waals surface area contributed by atoms with Crippen LogP contribution in [-0.4, -0.2) is 28.0 Å². The Morgan fingerprint density at radius 3 is 2.89 bits per heavy atom. The van der Waals surface area contributed by atoms with Gasteiger partial charge in [-0.3, -0.25) is 0 Å². The maximum Gasteiger partial charge on any atom is 0.126 e. The lowest BCUT2D eigenvalue weighted by molar-refractivity contribution is 0.562. The Kier molecular flexibility index (Phi) is 5.87. The molecule has 2 N–H and O–H groups in total. The second-order valence-electron chi connectivity index (χ2n) is 4.76. The Morgan fingerprint density at radius 1 is 1.42 bits per heavy atom. The lowest BCUT2D eigenvalue weighted by Gasteiger charge is -2.34. The third-order valence-corrected chi connectivity index (χ3v) is 7.04. The highest BCUT2D eigenvalue weighted by Gasteiger charge is 2.30. The normalized spacial score (nSPS) is 25.3. The molecular formula is C14H19ClFNS2. The van der Waals surface area contributed by atoms with Gasteiger partial charge in [0.05, 0.1) is 0 Å². The number of nitrogens with two attached hydrogens (primary N) is 1. The molecule has 3 atom stereocenters. The number of hydrogen-bond acceptors (Lipinski definition) is 3. The highest BCUT2D eigenvalue weighted by Crippen LogP contribution is 2.35. The molecule has 0 bridgehead atoms. The average molecular weight is 320 g/mol. The molecule has 1 aliphatic heterocycles. The fourth-order valence-electron chi connectivity index (χ4n) is 2.41. The SMILES string of the molecule is CCC1SCCSC1C(N)Cc1cc(Cl)ccc1F. The molecule has 0 aliphatic carbocycles. The van der Waals surface area contributed by atoms with E-state index in [1.54, 1.807) is 12.1 Å². The van der Waals surface area contributed by atoms with E-state index < -0.39 is 0 Å². The average Bonchev–Trinajstić information content (AvgIpc) is 2.42. The maximum absolute atomic E-state index is 13.7. The molecule has 1 aliphatic rings. The first-order valence-electron chi connectivity index (χ1n) is 6.54. The van der Waals surface area contributed by atoms with Gasteiger partial charge in [0.1, 0.15) is 5.82 Å². The molecule has 1 aromatic rings. The molecular weight excluding hydrogens is 301 g/mol. The number of hydrogen-bond donors (Lipinski definition) is 1. The molecule has 0 aromatic heterocycles. The van der Waals surface area contributed by atoms with Gasteiger partial charge in [-0.1, -0.05) is 18.5 Å². The third-order valence-electron chi connectivity index (χ3n) is 3.38. The van der Waals surface area contributed by atoms with Crippen LogP contribution in [0.25, 0.3) is 0 Å². The lowest BCUT2D eigenvalue weighted by Crippen LogP contribution is -2.43. The van der Waals surface area contributed by atoms with Crippen molar-refractivity contribution in [1.29, 1.82) is 0 Å². The number of benzene rings is 1. The molecule has 3 unspecified atom stereocenters. The first kappa shape index (κ1) is 15.5. The van der Waals surface area contributed by atoms with Gasteiger partial charge in [-0.25, -0.2) is 4.39 Å². The Labute approximate surface area is 127 Å². The van der Waals surface area contributed by atoms with Gasteiger partial charge in [0, 0.05) is 33.1 Å². The lowest BCUT2D eigenvalue weighted by atomic mass is 10.0. The van der Waals surface area contributed by atoms with Crippen LogP contribution in [0.4, 0.5) is 4.39 Å². The van der Waals surface area contributed by atoms with Crippen LogP contribution in [0.3, 0.4) is 0 Å². The van der Waals surface area contributed by atoms with Crippen LogP contribution < -0.4 is 5.73 Å². The highest BCUT2D eigenvalue weighted by molar-refractivity contribution is 8.07. The van der Waals surface area contributed by atoms with Crippen molar-refractivity contribution in [3.8, 4) is 0 Å². The third kappa shape index (κ3) is 4.03. The predicted molar refractivity (Wildman–Crippen MR) is 85.9 cm³/mol. The van der Waals surface area contributed by atoms with E-state index in [2.05, 4.69) is 6.92 Å². The second-order valence-corrected chi connectivity index (χ2v) is 7.83. The van der Waals surface area contributed by atoms with E-state index in [-0.39, 0.29) is 11.9 Å². The van der Waals surface area contributed by atoms with Crippen LogP contribution in [-0.2, 0) is 6.42 Å². The molecule has 0 amide bonds. The van der Waals surface area contributed by atoms with Gasteiger partial charge in [0.15, 0.2) is 0 Å². The number of thioether (sulfide) groups is 2. The van der Waals surface area contributed by atoms with E-state index in [0.717, 1.165) is 12.2 Å². The summed E-state index contributed by atoms with van der Waals surface area (Å²) in [5, 5.41) is 1.56. The summed E-state index contributed by atoms with van der Waals surface area (Å²) in [5.41, 5.74) is 6.95. The Balaban J connectivity index is 2.06. The van der Waals surface area contributed by atoms with Crippen molar-refractivity contribution in [1.82, 2.24) is 0 Å². The van der Waals surface area contributed by atoms with E-state index in [9.17, 15) is 4.39 Å². The summed E-state index contributed by atoms with van der Waals surface area (Å²) in [4.78, 5) is 0. The Morgan fingerprint density at radius 2 is 2.16 bits per heavy atom. The largest absolute Gasteiger partial charge is 0.326 e. The van der Waals surface area contributed by atoms with Gasteiger partial charge in [-0.2, -0.15) is 23.5 Å². The minimum absolute atomic E-state index is 0.0179. The fourth-order valence-corrected chi connectivity index (χ4v) is 5.79. The Hall–Kier alpha value is 0.1000. The monoisotopic (exact) mass is 319 g/mol. The standard InChI is InChI=1S/C14H19ClFNS2/c1-2-13-14(19-6-5-18-13)12(17)8-9-7-10(15)3-4-11(9)16/h3-4,7,12-14H,2,5-6,8,17H2,1H3. The van der Waals surface area contributed by atoms with E-state index in [1.807, 2.05) is 23.5 Å². The quantitative estimate of drug-likeness (QED) is 0.909. The van der Waals surface area contributed by atoms with Gasteiger partial charge in [-0.05, 0) is 36.6 Å².